The molecular formula is C11H12BrClN4. The van der Waals surface area contributed by atoms with E-state index in [1.165, 1.54) is 0 Å². The number of hydrogen-bond acceptors (Lipinski definition) is 3. The molecule has 0 aliphatic carbocycles. The van der Waals surface area contributed by atoms with Crippen molar-refractivity contribution in [3.8, 4) is 5.69 Å². The van der Waals surface area contributed by atoms with Crippen LogP contribution in [0.2, 0.25) is 5.02 Å². The lowest BCUT2D eigenvalue weighted by Gasteiger charge is -2.05. The lowest BCUT2D eigenvalue weighted by atomic mass is 10.2. The van der Waals surface area contributed by atoms with Gasteiger partial charge in [-0.1, -0.05) is 29.8 Å². The van der Waals surface area contributed by atoms with Crippen molar-refractivity contribution in [1.29, 1.82) is 0 Å². The van der Waals surface area contributed by atoms with E-state index in [1.807, 2.05) is 31.3 Å². The highest BCUT2D eigenvalue weighted by molar-refractivity contribution is 9.10. The molecule has 17 heavy (non-hydrogen) atoms. The van der Waals surface area contributed by atoms with Crippen molar-refractivity contribution in [2.75, 3.05) is 0 Å². The first kappa shape index (κ1) is 12.5. The fourth-order valence-corrected chi connectivity index (χ4v) is 2.06. The molecule has 90 valence electrons. The highest BCUT2D eigenvalue weighted by Gasteiger charge is 2.11. The van der Waals surface area contributed by atoms with Gasteiger partial charge in [-0.15, -0.1) is 5.10 Å². The zero-order chi connectivity index (χ0) is 12.4. The molecule has 0 spiro atoms. The molecule has 0 fully saturated rings. The van der Waals surface area contributed by atoms with Crippen LogP contribution in [0.15, 0.2) is 28.9 Å². The third-order valence-corrected chi connectivity index (χ3v) is 3.89. The summed E-state index contributed by atoms with van der Waals surface area (Å²) in [5, 5.41) is 8.75. The molecule has 1 aromatic carbocycles. The minimum Gasteiger partial charge on any atom is -0.323 e. The summed E-state index contributed by atoms with van der Waals surface area (Å²) in [4.78, 5) is 0. The van der Waals surface area contributed by atoms with Crippen molar-refractivity contribution in [2.45, 2.75) is 19.4 Å². The average molecular weight is 316 g/mol. The lowest BCUT2D eigenvalue weighted by Crippen LogP contribution is -2.08. The monoisotopic (exact) mass is 314 g/mol. The van der Waals surface area contributed by atoms with Crippen LogP contribution in [0.1, 0.15) is 25.1 Å². The predicted molar refractivity (Wildman–Crippen MR) is 71.3 cm³/mol. The van der Waals surface area contributed by atoms with Crippen molar-refractivity contribution in [2.24, 2.45) is 5.73 Å². The Bertz CT molecular complexity index is 526. The Morgan fingerprint density at radius 3 is 3.00 bits per heavy atom. The third-order valence-electron chi connectivity index (χ3n) is 2.51. The lowest BCUT2D eigenvalue weighted by molar-refractivity contribution is 0.670. The summed E-state index contributed by atoms with van der Waals surface area (Å²) in [6.45, 7) is 2.01. The molecule has 1 unspecified atom stereocenters. The van der Waals surface area contributed by atoms with Gasteiger partial charge in [0.1, 0.15) is 0 Å². The summed E-state index contributed by atoms with van der Waals surface area (Å²) in [5.41, 5.74) is 7.52. The Balaban J connectivity index is 2.40. The Labute approximate surface area is 113 Å². The van der Waals surface area contributed by atoms with Gasteiger partial charge in [-0.25, -0.2) is 4.68 Å². The average Bonchev–Trinajstić information content (AvgIpc) is 2.81. The number of hydrogen-bond donors (Lipinski definition) is 1. The summed E-state index contributed by atoms with van der Waals surface area (Å²) in [6, 6.07) is 5.50. The fourth-order valence-electron chi connectivity index (χ4n) is 1.44. The van der Waals surface area contributed by atoms with Crippen LogP contribution in [0, 0.1) is 0 Å². The fraction of sp³-hybridized carbons (Fsp3) is 0.273. The van der Waals surface area contributed by atoms with Crippen molar-refractivity contribution in [3.63, 3.8) is 0 Å². The Morgan fingerprint density at radius 1 is 1.53 bits per heavy atom. The molecule has 1 aromatic heterocycles. The molecule has 0 aliphatic heterocycles. The van der Waals surface area contributed by atoms with Gasteiger partial charge in [0.2, 0.25) is 0 Å². The van der Waals surface area contributed by atoms with Gasteiger partial charge in [-0.05, 0) is 34.5 Å². The van der Waals surface area contributed by atoms with E-state index in [4.69, 9.17) is 17.3 Å². The molecule has 0 amide bonds. The smallest absolute Gasteiger partial charge is 0.0998 e. The van der Waals surface area contributed by atoms with E-state index in [0.29, 0.717) is 5.02 Å². The maximum absolute atomic E-state index is 6.03. The number of halogens is 2. The van der Waals surface area contributed by atoms with E-state index in [1.54, 1.807) is 4.68 Å². The second-order valence-electron chi connectivity index (χ2n) is 3.68. The van der Waals surface area contributed by atoms with Gasteiger partial charge in [0, 0.05) is 0 Å². The van der Waals surface area contributed by atoms with Crippen molar-refractivity contribution < 1.29 is 0 Å². The molecule has 6 heteroatoms. The minimum absolute atomic E-state index is 0.0818. The Morgan fingerprint density at radius 2 is 2.29 bits per heavy atom. The van der Waals surface area contributed by atoms with Crippen LogP contribution in [0.5, 0.6) is 0 Å². The molecule has 0 saturated heterocycles. The molecule has 2 rings (SSSR count). The van der Waals surface area contributed by atoms with Crippen LogP contribution in [-0.4, -0.2) is 15.0 Å². The zero-order valence-electron chi connectivity index (χ0n) is 9.27. The summed E-state index contributed by atoms with van der Waals surface area (Å²) in [6.07, 6.45) is 2.65. The SMILES string of the molecule is CCC(N)c1cn(-c2cccc(Cl)c2Br)nn1. The van der Waals surface area contributed by atoms with E-state index in [-0.39, 0.29) is 6.04 Å². The first-order valence-electron chi connectivity index (χ1n) is 5.25. The van der Waals surface area contributed by atoms with E-state index in [0.717, 1.165) is 22.3 Å². The van der Waals surface area contributed by atoms with Crippen LogP contribution in [-0.2, 0) is 0 Å². The number of aromatic nitrogens is 3. The molecule has 2 aromatic rings. The zero-order valence-corrected chi connectivity index (χ0v) is 11.6. The summed E-state index contributed by atoms with van der Waals surface area (Å²) in [5.74, 6) is 0. The molecule has 4 nitrogen and oxygen atoms in total. The highest BCUT2D eigenvalue weighted by Crippen LogP contribution is 2.28. The van der Waals surface area contributed by atoms with E-state index in [2.05, 4.69) is 26.2 Å². The standard InChI is InChI=1S/C11H12BrClN4/c1-2-8(14)9-6-17(16-15-9)10-5-3-4-7(13)11(10)12/h3-6,8H,2,14H2,1H3. The minimum atomic E-state index is -0.0818. The molecule has 1 heterocycles. The van der Waals surface area contributed by atoms with Crippen LogP contribution >= 0.6 is 27.5 Å². The molecule has 0 saturated carbocycles. The molecule has 0 aliphatic rings. The maximum atomic E-state index is 6.03. The Kier molecular flexibility index (Phi) is 3.81. The molecule has 0 bridgehead atoms. The van der Waals surface area contributed by atoms with Gasteiger partial charge in [0.15, 0.2) is 0 Å². The summed E-state index contributed by atoms with van der Waals surface area (Å²) < 4.78 is 2.46. The van der Waals surface area contributed by atoms with Gasteiger partial charge >= 0.3 is 0 Å². The van der Waals surface area contributed by atoms with Crippen molar-refractivity contribution in [3.05, 3.63) is 39.6 Å². The first-order valence-corrected chi connectivity index (χ1v) is 6.42. The van der Waals surface area contributed by atoms with Gasteiger partial charge in [-0.2, -0.15) is 0 Å². The molecule has 1 atom stereocenters. The van der Waals surface area contributed by atoms with Gasteiger partial charge in [0.05, 0.1) is 33.1 Å². The number of nitrogens with two attached hydrogens (primary N) is 1. The largest absolute Gasteiger partial charge is 0.323 e. The van der Waals surface area contributed by atoms with Crippen LogP contribution in [0.3, 0.4) is 0 Å². The van der Waals surface area contributed by atoms with E-state index in [9.17, 15) is 0 Å². The quantitative estimate of drug-likeness (QED) is 0.947. The predicted octanol–water partition coefficient (Wildman–Crippen LogP) is 3.09. The van der Waals surface area contributed by atoms with Crippen LogP contribution < -0.4 is 5.73 Å². The van der Waals surface area contributed by atoms with Crippen LogP contribution in [0.25, 0.3) is 5.69 Å². The number of nitrogens with zero attached hydrogens (tertiary/aromatic N) is 3. The summed E-state index contributed by atoms with van der Waals surface area (Å²) >= 11 is 9.46. The second kappa shape index (κ2) is 5.16. The van der Waals surface area contributed by atoms with Crippen molar-refractivity contribution >= 4 is 27.5 Å². The van der Waals surface area contributed by atoms with Gasteiger partial charge in [0.25, 0.3) is 0 Å². The topological polar surface area (TPSA) is 56.7 Å². The first-order chi connectivity index (χ1) is 8.13. The van der Waals surface area contributed by atoms with Crippen LogP contribution in [0.4, 0.5) is 0 Å². The van der Waals surface area contributed by atoms with E-state index >= 15 is 0 Å². The molecule has 2 N–H and O–H groups in total. The number of benzene rings is 1. The highest BCUT2D eigenvalue weighted by atomic mass is 79.9. The Hall–Kier alpha value is -0.910. The normalized spacial score (nSPS) is 12.7. The molecular weight excluding hydrogens is 304 g/mol. The van der Waals surface area contributed by atoms with Crippen molar-refractivity contribution in [1.82, 2.24) is 15.0 Å². The molecule has 0 radical (unpaired) electrons. The number of rotatable bonds is 3. The van der Waals surface area contributed by atoms with Gasteiger partial charge in [-0.3, -0.25) is 0 Å². The maximum Gasteiger partial charge on any atom is 0.0998 e. The second-order valence-corrected chi connectivity index (χ2v) is 4.88. The van der Waals surface area contributed by atoms with E-state index < -0.39 is 0 Å². The third kappa shape index (κ3) is 2.51. The van der Waals surface area contributed by atoms with Gasteiger partial charge < -0.3 is 5.73 Å². The summed E-state index contributed by atoms with van der Waals surface area (Å²) in [7, 11) is 0.